The Labute approximate surface area is 394 Å². The Morgan fingerprint density at radius 3 is 2.79 bits per heavy atom. The van der Waals surface area contributed by atoms with Gasteiger partial charge in [-0.25, -0.2) is 0 Å². The first-order valence-corrected chi connectivity index (χ1v) is 26.3. The summed E-state index contributed by atoms with van der Waals surface area (Å²) in [5, 5.41) is 40.8. The molecule has 3 aromatic carbocycles. The van der Waals surface area contributed by atoms with Crippen molar-refractivity contribution in [1.82, 2.24) is 10.6 Å². The van der Waals surface area contributed by atoms with Gasteiger partial charge in [0.05, 0.1) is 23.8 Å². The van der Waals surface area contributed by atoms with Crippen LogP contribution in [0, 0.1) is 23.7 Å². The van der Waals surface area contributed by atoms with Crippen LogP contribution in [0.2, 0.25) is 0 Å². The molecule has 7 N–H and O–H groups in total. The third-order valence-electron chi connectivity index (χ3n) is 15.6. The molecule has 3 aromatic rings. The van der Waals surface area contributed by atoms with Gasteiger partial charge in [-0.15, -0.1) is 0 Å². The zero-order chi connectivity index (χ0) is 45.3. The number of phenolic OH excluding ortho intramolecular Hbond substituents is 2. The van der Waals surface area contributed by atoms with E-state index in [1.807, 2.05) is 27.7 Å². The van der Waals surface area contributed by atoms with Gasteiger partial charge in [-0.2, -0.15) is 0 Å². The summed E-state index contributed by atoms with van der Waals surface area (Å²) in [5.74, 6) is 10.8. The molecule has 9 atom stereocenters. The molecule has 0 radical (unpaired) electrons. The van der Waals surface area contributed by atoms with E-state index in [0.29, 0.717) is 42.2 Å². The van der Waals surface area contributed by atoms with Crippen molar-refractivity contribution in [2.24, 2.45) is 17.6 Å². The van der Waals surface area contributed by atoms with E-state index in [1.54, 1.807) is 12.1 Å². The number of aliphatic hydroxyl groups excluding tert-OH is 1. The number of ether oxygens (including phenoxy) is 4. The average molecular weight is 930 g/mol. The van der Waals surface area contributed by atoms with E-state index in [-0.39, 0.29) is 47.8 Å². The van der Waals surface area contributed by atoms with Gasteiger partial charge >= 0.3 is 5.97 Å². The first kappa shape index (κ1) is 43.8. The fraction of sp³-hybridized carbons (Fsp3) is 0.491. The average Bonchev–Trinajstić information content (AvgIpc) is 3.80. The normalized spacial score (nSPS) is 30.3. The van der Waals surface area contributed by atoms with E-state index in [0.717, 1.165) is 124 Å². The van der Waals surface area contributed by atoms with Gasteiger partial charge in [-0.1, -0.05) is 71.2 Å². The van der Waals surface area contributed by atoms with Crippen molar-refractivity contribution in [2.75, 3.05) is 24.9 Å². The Morgan fingerprint density at radius 2 is 1.94 bits per heavy atom. The first-order valence-electron chi connectivity index (χ1n) is 23.9. The van der Waals surface area contributed by atoms with Gasteiger partial charge in [0.15, 0.2) is 18.3 Å². The van der Waals surface area contributed by atoms with Crippen molar-refractivity contribution >= 4 is 33.6 Å². The molecule has 11 rings (SSSR count). The van der Waals surface area contributed by atoms with E-state index in [2.05, 4.69) is 59.8 Å². The summed E-state index contributed by atoms with van der Waals surface area (Å²) < 4.78 is 26.5. The number of carbonyl (C=O) groups is 1. The third-order valence-corrected chi connectivity index (χ3v) is 18.1. The van der Waals surface area contributed by atoms with Gasteiger partial charge < -0.3 is 50.6 Å². The van der Waals surface area contributed by atoms with Crippen LogP contribution in [0.5, 0.6) is 28.7 Å². The number of phenols is 2. The van der Waals surface area contributed by atoms with Crippen molar-refractivity contribution in [1.29, 1.82) is 0 Å². The minimum Gasteiger partial charge on any atom is -0.508 e. The van der Waals surface area contributed by atoms with E-state index >= 15 is 0 Å². The van der Waals surface area contributed by atoms with E-state index in [9.17, 15) is 20.1 Å². The summed E-state index contributed by atoms with van der Waals surface area (Å²) in [6, 6.07) is 9.73. The van der Waals surface area contributed by atoms with Crippen LogP contribution in [0.1, 0.15) is 117 Å². The van der Waals surface area contributed by atoms with Crippen molar-refractivity contribution in [3.8, 4) is 51.7 Å². The van der Waals surface area contributed by atoms with Crippen molar-refractivity contribution in [3.05, 3.63) is 92.7 Å². The maximum atomic E-state index is 12.7. The predicted molar refractivity (Wildman–Crippen MR) is 258 cm³/mol. The zero-order valence-electron chi connectivity index (χ0n) is 37.6. The smallest absolute Gasteiger partial charge is 0.302 e. The number of carbonyl (C=O) groups excluding carboxylic acids is 1. The second-order valence-corrected chi connectivity index (χ2v) is 22.2. The summed E-state index contributed by atoms with van der Waals surface area (Å²) in [5.41, 5.74) is 16.6. The lowest BCUT2D eigenvalue weighted by molar-refractivity contribution is -0.141. The highest BCUT2D eigenvalue weighted by Crippen LogP contribution is 2.63. The number of nitrogens with two attached hydrogens (primary N) is 1. The molecule has 3 aliphatic carbocycles. The van der Waals surface area contributed by atoms with Crippen LogP contribution in [-0.2, 0) is 27.8 Å². The van der Waals surface area contributed by atoms with E-state index in [1.165, 1.54) is 19.8 Å². The molecule has 13 heteroatoms. The largest absolute Gasteiger partial charge is 0.508 e. The Hall–Kier alpha value is -4.71. The fourth-order valence-electron chi connectivity index (χ4n) is 12.7. The van der Waals surface area contributed by atoms with Gasteiger partial charge in [-0.3, -0.25) is 4.79 Å². The van der Waals surface area contributed by atoms with Crippen LogP contribution in [0.3, 0.4) is 0 Å². The quantitative estimate of drug-likeness (QED) is 0.0625. The Morgan fingerprint density at radius 1 is 1.06 bits per heavy atom. The van der Waals surface area contributed by atoms with Gasteiger partial charge in [0.1, 0.15) is 36.1 Å². The lowest BCUT2D eigenvalue weighted by Gasteiger charge is -2.39. The summed E-state index contributed by atoms with van der Waals surface area (Å²) in [6.07, 6.45) is 15.4. The summed E-state index contributed by atoms with van der Waals surface area (Å²) in [7, 11) is 3.77. The topological polar surface area (TPSA) is 165 Å². The van der Waals surface area contributed by atoms with Gasteiger partial charge in [0, 0.05) is 70.2 Å². The molecule has 0 aromatic heterocycles. The van der Waals surface area contributed by atoms with Crippen molar-refractivity contribution in [2.45, 2.75) is 126 Å². The molecule has 2 saturated carbocycles. The number of aliphatic hydroxyl groups is 1. The van der Waals surface area contributed by atoms with Crippen molar-refractivity contribution in [3.63, 3.8) is 0 Å². The Kier molecular flexibility index (Phi) is 11.8. The van der Waals surface area contributed by atoms with Gasteiger partial charge in [0.25, 0.3) is 0 Å². The maximum absolute atomic E-state index is 12.7. The number of dihydropyridines is 1. The van der Waals surface area contributed by atoms with Crippen LogP contribution in [0.25, 0.3) is 17.2 Å². The molecule has 1 unspecified atom stereocenters. The Bertz CT molecular complexity index is 2630. The van der Waals surface area contributed by atoms with Gasteiger partial charge in [0.2, 0.25) is 0 Å². The monoisotopic (exact) mass is 929 g/mol. The summed E-state index contributed by atoms with van der Waals surface area (Å²) in [4.78, 5) is 12.7. The molecular formula is C53H59N3O8S2. The standard InChI is InChI=1S/C53H59N3O8S2/c1-3-31-18-33-16-29-14-15-53(22-29)23-34-19-36(59)21-44(62-27-57)46(34)38-11-10-37-40(24-61-28(2)58)50(64-51(37)48(38)53)47-32(7-5-9-41(33)56-52(31)54)20-43(60)49-39(47)12-13-42-45(63-49)26-66-65-25-30-6-4-8-35(17-30)55-42/h10-13,18-21,29-30,35,40,42,45,50,52,55-57,59-60H,3-4,6-8,14-17,22-27,54H2,1-2H3/t29-,30-,35+,40+,42+,45-,50+,52?,53-/m1/s1. The number of nitrogens with one attached hydrogen (secondary N) is 2. The number of aromatic hydroxyl groups is 2. The minimum atomic E-state index is -0.654. The highest BCUT2D eigenvalue weighted by molar-refractivity contribution is 8.76. The first-order chi connectivity index (χ1) is 32.1. The number of hydrogen-bond donors (Lipinski definition) is 6. The van der Waals surface area contributed by atoms with Crippen molar-refractivity contribution < 1.29 is 39.1 Å². The Balaban J connectivity index is 1.13. The molecule has 8 aliphatic rings. The third kappa shape index (κ3) is 7.84. The summed E-state index contributed by atoms with van der Waals surface area (Å²) >= 11 is 0. The van der Waals surface area contributed by atoms with Crippen LogP contribution < -0.4 is 30.6 Å². The van der Waals surface area contributed by atoms with Gasteiger partial charge in [-0.05, 0) is 116 Å². The SMILES string of the molecule is CCC1=CC2=C(C#CCc3cc(O)c4c(c3[C@H]3Oc5c(ccc6c5[C@@]5(CC[C@H](C2)C5)Cc2cc(O)cc(OCO)c2-6)[C@@H]3COC(C)=O)C=C[C@@H]2N[C@H]3CCC[C@@H](CSSC[C@H]2O4)C3)NC1N. The number of fused-ring (bicyclic) bond motifs is 11. The number of hydrogen-bond acceptors (Lipinski definition) is 13. The van der Waals surface area contributed by atoms with Crippen LogP contribution in [0.15, 0.2) is 59.3 Å². The van der Waals surface area contributed by atoms with Crippen LogP contribution in [0.4, 0.5) is 0 Å². The molecule has 1 spiro atoms. The molecule has 0 amide bonds. The highest BCUT2D eigenvalue weighted by Gasteiger charge is 2.51. The number of esters is 1. The fourth-order valence-corrected chi connectivity index (χ4v) is 15.3. The molecule has 3 fully saturated rings. The molecule has 1 saturated heterocycles. The second kappa shape index (κ2) is 17.7. The number of rotatable bonds is 5. The molecule has 66 heavy (non-hydrogen) atoms. The zero-order valence-corrected chi connectivity index (χ0v) is 39.3. The molecule has 5 heterocycles. The number of benzene rings is 3. The molecule has 11 nitrogen and oxygen atoms in total. The lowest BCUT2D eigenvalue weighted by atomic mass is 9.65. The van der Waals surface area contributed by atoms with Crippen LogP contribution in [-0.4, -0.2) is 70.5 Å². The maximum Gasteiger partial charge on any atom is 0.302 e. The van der Waals surface area contributed by atoms with E-state index < -0.39 is 18.8 Å². The summed E-state index contributed by atoms with van der Waals surface area (Å²) in [6.45, 7) is 3.10. The molecule has 346 valence electrons. The molecule has 6 bridgehead atoms. The second-order valence-electron chi connectivity index (χ2n) is 19.7. The van der Waals surface area contributed by atoms with E-state index in [4.69, 9.17) is 24.7 Å². The highest BCUT2D eigenvalue weighted by atomic mass is 33.1. The molecule has 5 aliphatic heterocycles. The lowest BCUT2D eigenvalue weighted by Crippen LogP contribution is -2.49. The molecular weight excluding hydrogens is 871 g/mol. The number of allylic oxidation sites excluding steroid dienone is 3. The minimum absolute atomic E-state index is 0.0476. The predicted octanol–water partition coefficient (Wildman–Crippen LogP) is 8.58. The van der Waals surface area contributed by atoms with Crippen LogP contribution >= 0.6 is 21.6 Å².